The monoisotopic (exact) mass is 504 g/mol. The molecule has 0 aliphatic heterocycles. The Morgan fingerprint density at radius 2 is 1.72 bits per heavy atom. The third-order valence-corrected chi connectivity index (χ3v) is 6.61. The number of nitrogens with one attached hydrogen (secondary N) is 2. The average Bonchev–Trinajstić information content (AvgIpc) is 3.29. The molecule has 0 bridgehead atoms. The van der Waals surface area contributed by atoms with Gasteiger partial charge in [-0.1, -0.05) is 42.5 Å². The lowest BCUT2D eigenvalue weighted by molar-refractivity contribution is 0.252. The summed E-state index contributed by atoms with van der Waals surface area (Å²) in [4.78, 5) is 12.3. The van der Waals surface area contributed by atoms with Crippen LogP contribution in [0.2, 0.25) is 0 Å². The molecule has 36 heavy (non-hydrogen) atoms. The molecule has 3 aromatic carbocycles. The first-order valence-corrected chi connectivity index (χ1v) is 12.9. The summed E-state index contributed by atoms with van der Waals surface area (Å²) in [5.74, 6) is 0. The van der Waals surface area contributed by atoms with Crippen molar-refractivity contribution in [2.45, 2.75) is 24.7 Å². The number of carbonyl (C=O) groups excluding carboxylic acids is 1. The van der Waals surface area contributed by atoms with E-state index in [1.807, 2.05) is 55.5 Å². The molecule has 2 amide bonds. The maximum Gasteiger partial charge on any atom is 0.319 e. The van der Waals surface area contributed by atoms with Crippen molar-refractivity contribution in [2.24, 2.45) is 5.14 Å². The van der Waals surface area contributed by atoms with Crippen molar-refractivity contribution < 1.29 is 13.2 Å². The second-order valence-electron chi connectivity index (χ2n) is 8.36. The molecular formula is C26H28N6O3S. The van der Waals surface area contributed by atoms with E-state index >= 15 is 0 Å². The molecule has 0 saturated carbocycles. The molecule has 1 heterocycles. The number of primary sulfonamides is 1. The maximum absolute atomic E-state index is 12.3. The van der Waals surface area contributed by atoms with Gasteiger partial charge in [0.05, 0.1) is 33.3 Å². The maximum atomic E-state index is 12.3. The first kappa shape index (κ1) is 25.0. The number of rotatable bonds is 8. The zero-order chi connectivity index (χ0) is 25.7. The fourth-order valence-electron chi connectivity index (χ4n) is 3.83. The molecule has 4 rings (SSSR count). The van der Waals surface area contributed by atoms with Crippen molar-refractivity contribution in [3.63, 3.8) is 0 Å². The number of aryl methyl sites for hydroxylation is 2. The number of sulfonamides is 1. The number of anilines is 2. The van der Waals surface area contributed by atoms with E-state index < -0.39 is 10.0 Å². The Kier molecular flexibility index (Phi) is 7.37. The summed E-state index contributed by atoms with van der Waals surface area (Å²) < 4.78 is 25.0. The Bertz CT molecular complexity index is 1450. The number of hydrogen-bond donors (Lipinski definition) is 4. The van der Waals surface area contributed by atoms with Gasteiger partial charge in [-0.15, -0.1) is 0 Å². The Labute approximate surface area is 210 Å². The highest BCUT2D eigenvalue weighted by Gasteiger charge is 2.14. The largest absolute Gasteiger partial charge is 0.397 e. The van der Waals surface area contributed by atoms with Gasteiger partial charge in [0.1, 0.15) is 0 Å². The first-order chi connectivity index (χ1) is 17.2. The quantitative estimate of drug-likeness (QED) is 0.213. The van der Waals surface area contributed by atoms with Crippen LogP contribution in [0.5, 0.6) is 0 Å². The fraction of sp³-hybridized carbons (Fsp3) is 0.154. The van der Waals surface area contributed by atoms with Gasteiger partial charge in [-0.05, 0) is 61.7 Å². The molecule has 0 aliphatic carbocycles. The van der Waals surface area contributed by atoms with E-state index in [1.54, 1.807) is 22.9 Å². The van der Waals surface area contributed by atoms with E-state index in [4.69, 9.17) is 16.0 Å². The minimum Gasteiger partial charge on any atom is -0.397 e. The molecule has 0 spiro atoms. The van der Waals surface area contributed by atoms with Crippen LogP contribution in [0.4, 0.5) is 16.2 Å². The molecule has 10 heteroatoms. The molecule has 0 saturated heterocycles. The van der Waals surface area contributed by atoms with Crippen LogP contribution in [0, 0.1) is 6.92 Å². The number of benzene rings is 3. The normalized spacial score (nSPS) is 11.3. The lowest BCUT2D eigenvalue weighted by Crippen LogP contribution is -2.30. The van der Waals surface area contributed by atoms with Crippen LogP contribution in [0.1, 0.15) is 17.7 Å². The van der Waals surface area contributed by atoms with Crippen molar-refractivity contribution in [1.82, 2.24) is 15.1 Å². The zero-order valence-electron chi connectivity index (χ0n) is 19.8. The van der Waals surface area contributed by atoms with Crippen LogP contribution < -0.4 is 21.5 Å². The number of nitrogens with two attached hydrogens (primary N) is 2. The Morgan fingerprint density at radius 3 is 2.39 bits per heavy atom. The van der Waals surface area contributed by atoms with Gasteiger partial charge in [0.25, 0.3) is 0 Å². The number of aromatic nitrogens is 2. The van der Waals surface area contributed by atoms with Gasteiger partial charge in [-0.2, -0.15) is 5.10 Å². The molecule has 1 aromatic heterocycles. The summed E-state index contributed by atoms with van der Waals surface area (Å²) in [5, 5.41) is 15.6. The molecule has 0 radical (unpaired) electrons. The molecule has 4 aromatic rings. The van der Waals surface area contributed by atoms with Crippen LogP contribution in [-0.2, 0) is 16.4 Å². The average molecular weight is 505 g/mol. The predicted octanol–water partition coefficient (Wildman–Crippen LogP) is 3.83. The summed E-state index contributed by atoms with van der Waals surface area (Å²) in [7, 11) is -3.78. The SMILES string of the molecule is Cc1cccc(N)c1NC(=O)NCCCc1cc(-c2ccccc2)n(-c2ccc(S(N)(=O)=O)cc2)n1. The minimum absolute atomic E-state index is 0.0386. The standard InChI is InChI=1S/C26H28N6O3S/c1-18-7-5-11-23(27)25(18)30-26(33)29-16-6-10-20-17-24(19-8-3-2-4-9-19)32(31-20)21-12-14-22(15-13-21)36(28,34)35/h2-5,7-9,11-15,17H,6,10,16,27H2,1H3,(H2,28,34,35)(H2,29,30,33). The molecule has 0 fully saturated rings. The van der Waals surface area contributed by atoms with E-state index in [0.29, 0.717) is 36.4 Å². The van der Waals surface area contributed by atoms with Crippen LogP contribution in [0.25, 0.3) is 16.9 Å². The van der Waals surface area contributed by atoms with E-state index in [9.17, 15) is 13.2 Å². The highest BCUT2D eigenvalue weighted by atomic mass is 32.2. The van der Waals surface area contributed by atoms with Crippen molar-refractivity contribution in [1.29, 1.82) is 0 Å². The second kappa shape index (κ2) is 10.6. The van der Waals surface area contributed by atoms with Crippen LogP contribution in [0.15, 0.2) is 83.8 Å². The van der Waals surface area contributed by atoms with E-state index in [-0.39, 0.29) is 10.9 Å². The third kappa shape index (κ3) is 5.91. The second-order valence-corrected chi connectivity index (χ2v) is 9.92. The molecule has 0 aliphatic rings. The molecule has 186 valence electrons. The molecule has 6 N–H and O–H groups in total. The number of hydrogen-bond acceptors (Lipinski definition) is 5. The number of para-hydroxylation sites is 1. The highest BCUT2D eigenvalue weighted by molar-refractivity contribution is 7.89. The van der Waals surface area contributed by atoms with Crippen molar-refractivity contribution >= 4 is 27.4 Å². The fourth-order valence-corrected chi connectivity index (χ4v) is 4.35. The molecular weight excluding hydrogens is 476 g/mol. The number of nitrogen functional groups attached to an aromatic ring is 1. The lowest BCUT2D eigenvalue weighted by atomic mass is 10.1. The van der Waals surface area contributed by atoms with Crippen molar-refractivity contribution in [3.05, 3.63) is 90.1 Å². The number of carbonyl (C=O) groups is 1. The highest BCUT2D eigenvalue weighted by Crippen LogP contribution is 2.25. The van der Waals surface area contributed by atoms with Gasteiger partial charge in [0.2, 0.25) is 10.0 Å². The van der Waals surface area contributed by atoms with Gasteiger partial charge >= 0.3 is 6.03 Å². The Hall–Kier alpha value is -4.15. The molecule has 0 unspecified atom stereocenters. The van der Waals surface area contributed by atoms with Gasteiger partial charge in [0, 0.05) is 12.1 Å². The first-order valence-electron chi connectivity index (χ1n) is 11.4. The van der Waals surface area contributed by atoms with Crippen molar-refractivity contribution in [2.75, 3.05) is 17.6 Å². The van der Waals surface area contributed by atoms with Crippen LogP contribution in [0.3, 0.4) is 0 Å². The van der Waals surface area contributed by atoms with Crippen LogP contribution >= 0.6 is 0 Å². The van der Waals surface area contributed by atoms with E-state index in [2.05, 4.69) is 10.6 Å². The number of nitrogens with zero attached hydrogens (tertiary/aromatic N) is 2. The Balaban J connectivity index is 1.45. The summed E-state index contributed by atoms with van der Waals surface area (Å²) in [6.45, 7) is 2.34. The molecule has 0 atom stereocenters. The van der Waals surface area contributed by atoms with Crippen molar-refractivity contribution in [3.8, 4) is 16.9 Å². The van der Waals surface area contributed by atoms with E-state index in [0.717, 1.165) is 22.5 Å². The summed E-state index contributed by atoms with van der Waals surface area (Å²) in [6, 6.07) is 23.2. The predicted molar refractivity (Wildman–Crippen MR) is 141 cm³/mol. The zero-order valence-corrected chi connectivity index (χ0v) is 20.6. The number of urea groups is 1. The topological polar surface area (TPSA) is 145 Å². The summed E-state index contributed by atoms with van der Waals surface area (Å²) >= 11 is 0. The van der Waals surface area contributed by atoms with E-state index in [1.165, 1.54) is 12.1 Å². The summed E-state index contributed by atoms with van der Waals surface area (Å²) in [6.07, 6.45) is 1.31. The number of amides is 2. The lowest BCUT2D eigenvalue weighted by Gasteiger charge is -2.11. The smallest absolute Gasteiger partial charge is 0.319 e. The van der Waals surface area contributed by atoms with Gasteiger partial charge in [-0.3, -0.25) is 0 Å². The summed E-state index contributed by atoms with van der Waals surface area (Å²) in [5.41, 5.74) is 11.4. The minimum atomic E-state index is -3.78. The van der Waals surface area contributed by atoms with Gasteiger partial charge in [0.15, 0.2) is 0 Å². The van der Waals surface area contributed by atoms with Gasteiger partial charge < -0.3 is 16.4 Å². The van der Waals surface area contributed by atoms with Gasteiger partial charge in [-0.25, -0.2) is 23.0 Å². The Morgan fingerprint density at radius 1 is 1.00 bits per heavy atom. The third-order valence-electron chi connectivity index (χ3n) is 5.68. The van der Waals surface area contributed by atoms with Crippen LogP contribution in [-0.4, -0.2) is 30.8 Å². The molecule has 9 nitrogen and oxygen atoms in total.